The Morgan fingerprint density at radius 2 is 2.31 bits per heavy atom. The second kappa shape index (κ2) is 4.80. The number of hydrogen-bond acceptors (Lipinski definition) is 4. The van der Waals surface area contributed by atoms with Gasteiger partial charge in [-0.25, -0.2) is 0 Å². The first-order chi connectivity index (χ1) is 7.57. The van der Waals surface area contributed by atoms with E-state index in [0.717, 1.165) is 18.4 Å². The summed E-state index contributed by atoms with van der Waals surface area (Å²) in [4.78, 5) is 0. The molecule has 5 nitrogen and oxygen atoms in total. The van der Waals surface area contributed by atoms with Gasteiger partial charge in [0.15, 0.2) is 0 Å². The van der Waals surface area contributed by atoms with Crippen molar-refractivity contribution in [1.29, 1.82) is 0 Å². The Bertz CT molecular complexity index is 426. The van der Waals surface area contributed by atoms with Crippen molar-refractivity contribution in [3.05, 3.63) is 22.4 Å². The molecule has 0 saturated heterocycles. The fourth-order valence-corrected chi connectivity index (χ4v) is 3.08. The molecule has 0 amide bonds. The van der Waals surface area contributed by atoms with Crippen LogP contribution in [0.5, 0.6) is 0 Å². The van der Waals surface area contributed by atoms with E-state index in [1.54, 1.807) is 11.4 Å². The van der Waals surface area contributed by atoms with Crippen LogP contribution in [0, 0.1) is 0 Å². The largest absolute Gasteiger partial charge is 0.387 e. The highest BCUT2D eigenvalue weighted by atomic mass is 32.2. The van der Waals surface area contributed by atoms with Crippen LogP contribution in [-0.4, -0.2) is 26.1 Å². The minimum Gasteiger partial charge on any atom is -0.387 e. The fraction of sp³-hybridized carbons (Fsp3) is 0.556. The number of aliphatic hydroxyl groups is 1. The van der Waals surface area contributed by atoms with E-state index in [9.17, 15) is 13.5 Å². The first-order valence-electron chi connectivity index (χ1n) is 5.04. The molecule has 2 rings (SSSR count). The summed E-state index contributed by atoms with van der Waals surface area (Å²) in [5.41, 5.74) is 0.735. The Balaban J connectivity index is 1.82. The van der Waals surface area contributed by atoms with Crippen molar-refractivity contribution in [1.82, 2.24) is 9.44 Å². The normalized spacial score (nSPS) is 18.6. The van der Waals surface area contributed by atoms with Crippen molar-refractivity contribution in [2.75, 3.05) is 6.54 Å². The first-order valence-corrected chi connectivity index (χ1v) is 7.46. The molecule has 1 aromatic rings. The van der Waals surface area contributed by atoms with E-state index in [0.29, 0.717) is 0 Å². The Labute approximate surface area is 98.7 Å². The summed E-state index contributed by atoms with van der Waals surface area (Å²) in [5.74, 6) is 0. The number of rotatable bonds is 6. The minimum atomic E-state index is -3.46. The van der Waals surface area contributed by atoms with Crippen molar-refractivity contribution in [3.63, 3.8) is 0 Å². The lowest BCUT2D eigenvalue weighted by Crippen LogP contribution is -2.39. The maximum absolute atomic E-state index is 11.4. The van der Waals surface area contributed by atoms with Gasteiger partial charge in [0.2, 0.25) is 0 Å². The molecule has 1 atom stereocenters. The molecule has 1 unspecified atom stereocenters. The third-order valence-electron chi connectivity index (χ3n) is 2.29. The maximum Gasteiger partial charge on any atom is 0.277 e. The summed E-state index contributed by atoms with van der Waals surface area (Å²) >= 11 is 1.47. The molecule has 1 aromatic heterocycles. The molecule has 1 fully saturated rings. The molecule has 1 aliphatic carbocycles. The third-order valence-corrected chi connectivity index (χ3v) is 4.19. The van der Waals surface area contributed by atoms with E-state index in [1.165, 1.54) is 11.3 Å². The quantitative estimate of drug-likeness (QED) is 0.693. The molecule has 1 saturated carbocycles. The van der Waals surface area contributed by atoms with Crippen molar-refractivity contribution < 1.29 is 13.5 Å². The van der Waals surface area contributed by atoms with Crippen LogP contribution in [0.4, 0.5) is 0 Å². The van der Waals surface area contributed by atoms with Crippen molar-refractivity contribution >= 4 is 21.5 Å². The predicted molar refractivity (Wildman–Crippen MR) is 62.4 cm³/mol. The highest BCUT2D eigenvalue weighted by Gasteiger charge is 2.27. The summed E-state index contributed by atoms with van der Waals surface area (Å²) in [6, 6.07) is 1.86. The minimum absolute atomic E-state index is 0.00120. The highest BCUT2D eigenvalue weighted by molar-refractivity contribution is 7.87. The molecular weight excluding hydrogens is 248 g/mol. The average Bonchev–Trinajstić information content (AvgIpc) is 2.86. The van der Waals surface area contributed by atoms with Crippen LogP contribution >= 0.6 is 11.3 Å². The molecule has 90 valence electrons. The van der Waals surface area contributed by atoms with E-state index in [-0.39, 0.29) is 12.6 Å². The predicted octanol–water partition coefficient (Wildman–Crippen LogP) is 0.368. The molecule has 1 aliphatic rings. The topological polar surface area (TPSA) is 78.4 Å². The van der Waals surface area contributed by atoms with Gasteiger partial charge in [-0.05, 0) is 35.2 Å². The molecular formula is C9H14N2O3S2. The third kappa shape index (κ3) is 3.53. The van der Waals surface area contributed by atoms with Crippen LogP contribution in [0.3, 0.4) is 0 Å². The van der Waals surface area contributed by atoms with Crippen LogP contribution in [0.15, 0.2) is 16.8 Å². The Morgan fingerprint density at radius 3 is 2.88 bits per heavy atom. The zero-order valence-electron chi connectivity index (χ0n) is 8.59. The van der Waals surface area contributed by atoms with E-state index in [1.807, 2.05) is 5.38 Å². The zero-order chi connectivity index (χ0) is 11.6. The number of hydrogen-bond donors (Lipinski definition) is 3. The van der Waals surface area contributed by atoms with E-state index in [2.05, 4.69) is 9.44 Å². The van der Waals surface area contributed by atoms with Gasteiger partial charge in [-0.15, -0.1) is 0 Å². The second-order valence-corrected chi connectivity index (χ2v) is 6.13. The van der Waals surface area contributed by atoms with Gasteiger partial charge in [-0.3, -0.25) is 0 Å². The van der Waals surface area contributed by atoms with Crippen molar-refractivity contribution in [3.8, 4) is 0 Å². The van der Waals surface area contributed by atoms with Gasteiger partial charge in [-0.2, -0.15) is 29.2 Å². The zero-order valence-corrected chi connectivity index (χ0v) is 10.2. The maximum atomic E-state index is 11.4. The standard InChI is InChI=1S/C9H14N2O3S2/c12-9(7-3-4-15-6-7)5-10-16(13,14)11-8-1-2-8/h3-4,6,8-12H,1-2,5H2. The van der Waals surface area contributed by atoms with Gasteiger partial charge in [0.1, 0.15) is 0 Å². The van der Waals surface area contributed by atoms with Gasteiger partial charge < -0.3 is 5.11 Å². The van der Waals surface area contributed by atoms with Crippen molar-refractivity contribution in [2.45, 2.75) is 25.0 Å². The molecule has 3 N–H and O–H groups in total. The summed E-state index contributed by atoms with van der Waals surface area (Å²) in [6.45, 7) is -0.00120. The average molecular weight is 262 g/mol. The lowest BCUT2D eigenvalue weighted by Gasteiger charge is -2.11. The number of nitrogens with one attached hydrogen (secondary N) is 2. The van der Waals surface area contributed by atoms with E-state index >= 15 is 0 Å². The Kier molecular flexibility index (Phi) is 3.60. The van der Waals surface area contributed by atoms with Gasteiger partial charge in [0.05, 0.1) is 6.10 Å². The van der Waals surface area contributed by atoms with Crippen LogP contribution in [-0.2, 0) is 10.2 Å². The Morgan fingerprint density at radius 1 is 1.56 bits per heavy atom. The van der Waals surface area contributed by atoms with Crippen LogP contribution < -0.4 is 9.44 Å². The van der Waals surface area contributed by atoms with Crippen molar-refractivity contribution in [2.24, 2.45) is 0 Å². The highest BCUT2D eigenvalue weighted by Crippen LogP contribution is 2.19. The lowest BCUT2D eigenvalue weighted by molar-refractivity contribution is 0.182. The van der Waals surface area contributed by atoms with Gasteiger partial charge >= 0.3 is 0 Å². The van der Waals surface area contributed by atoms with E-state index < -0.39 is 16.3 Å². The molecule has 0 bridgehead atoms. The molecule has 0 radical (unpaired) electrons. The van der Waals surface area contributed by atoms with E-state index in [4.69, 9.17) is 0 Å². The van der Waals surface area contributed by atoms with Crippen LogP contribution in [0.2, 0.25) is 0 Å². The molecule has 1 heterocycles. The summed E-state index contributed by atoms with van der Waals surface area (Å²) < 4.78 is 27.7. The van der Waals surface area contributed by atoms with Gasteiger partial charge in [-0.1, -0.05) is 0 Å². The smallest absolute Gasteiger partial charge is 0.277 e. The van der Waals surface area contributed by atoms with Crippen LogP contribution in [0.25, 0.3) is 0 Å². The molecule has 0 aromatic carbocycles. The SMILES string of the molecule is O=S(=O)(NCC(O)c1ccsc1)NC1CC1. The fourth-order valence-electron chi connectivity index (χ4n) is 1.23. The lowest BCUT2D eigenvalue weighted by atomic mass is 10.2. The molecule has 0 aliphatic heterocycles. The molecule has 16 heavy (non-hydrogen) atoms. The molecule has 7 heteroatoms. The summed E-state index contributed by atoms with van der Waals surface area (Å²) in [7, 11) is -3.46. The number of aliphatic hydroxyl groups excluding tert-OH is 1. The first kappa shape index (κ1) is 12.0. The van der Waals surface area contributed by atoms with Crippen LogP contribution in [0.1, 0.15) is 24.5 Å². The monoisotopic (exact) mass is 262 g/mol. The van der Waals surface area contributed by atoms with Gasteiger partial charge in [0, 0.05) is 12.6 Å². The Hall–Kier alpha value is -0.470. The molecule has 0 spiro atoms. The number of thiophene rings is 1. The second-order valence-electron chi connectivity index (χ2n) is 3.82. The summed E-state index contributed by atoms with van der Waals surface area (Å²) in [5, 5.41) is 13.3. The summed E-state index contributed by atoms with van der Waals surface area (Å²) in [6.07, 6.45) is 1.00. The van der Waals surface area contributed by atoms with Gasteiger partial charge in [0.25, 0.3) is 10.2 Å².